The number of hydrogen-bond donors (Lipinski definition) is 2. The summed E-state index contributed by atoms with van der Waals surface area (Å²) in [5, 5.41) is 18.6. The summed E-state index contributed by atoms with van der Waals surface area (Å²) in [5.74, 6) is 1.07. The van der Waals surface area contributed by atoms with Crippen molar-refractivity contribution in [2.24, 2.45) is 5.41 Å². The van der Waals surface area contributed by atoms with Crippen LogP contribution in [0.5, 0.6) is 0 Å². The SMILES string of the molecule is CC(CO)(CO)CCCCN1CCN(c2ccccn2)CC1. The van der Waals surface area contributed by atoms with Gasteiger partial charge in [-0.2, -0.15) is 0 Å². The molecule has 2 heterocycles. The van der Waals surface area contributed by atoms with E-state index in [0.717, 1.165) is 57.8 Å². The molecule has 0 aliphatic carbocycles. The maximum atomic E-state index is 9.29. The van der Waals surface area contributed by atoms with Crippen molar-refractivity contribution in [2.45, 2.75) is 26.2 Å². The third-order valence-corrected chi connectivity index (χ3v) is 4.61. The minimum Gasteiger partial charge on any atom is -0.396 e. The van der Waals surface area contributed by atoms with E-state index in [1.54, 1.807) is 0 Å². The molecular formula is C17H29N3O2. The molecule has 0 unspecified atom stereocenters. The summed E-state index contributed by atoms with van der Waals surface area (Å²) in [6.07, 6.45) is 4.91. The summed E-state index contributed by atoms with van der Waals surface area (Å²) < 4.78 is 0. The van der Waals surface area contributed by atoms with Gasteiger partial charge in [-0.25, -0.2) is 4.98 Å². The summed E-state index contributed by atoms with van der Waals surface area (Å²) in [7, 11) is 0. The number of unbranched alkanes of at least 4 members (excludes halogenated alkanes) is 1. The van der Waals surface area contributed by atoms with Crippen LogP contribution in [0.1, 0.15) is 26.2 Å². The topological polar surface area (TPSA) is 59.8 Å². The van der Waals surface area contributed by atoms with Crippen molar-refractivity contribution >= 4 is 5.82 Å². The Labute approximate surface area is 133 Å². The lowest BCUT2D eigenvalue weighted by Gasteiger charge is -2.35. The van der Waals surface area contributed by atoms with Gasteiger partial charge in [-0.1, -0.05) is 19.4 Å². The Hall–Kier alpha value is -1.17. The molecule has 1 aromatic heterocycles. The highest BCUT2D eigenvalue weighted by Crippen LogP contribution is 2.22. The first-order valence-corrected chi connectivity index (χ1v) is 8.27. The van der Waals surface area contributed by atoms with Gasteiger partial charge in [0.15, 0.2) is 0 Å². The lowest BCUT2D eigenvalue weighted by Crippen LogP contribution is -2.46. The highest BCUT2D eigenvalue weighted by molar-refractivity contribution is 5.38. The molecule has 1 aliphatic rings. The second kappa shape index (κ2) is 8.46. The van der Waals surface area contributed by atoms with Crippen LogP contribution < -0.4 is 4.90 Å². The van der Waals surface area contributed by atoms with Gasteiger partial charge in [0, 0.05) is 37.8 Å². The summed E-state index contributed by atoms with van der Waals surface area (Å²) >= 11 is 0. The lowest BCUT2D eigenvalue weighted by molar-refractivity contribution is 0.0598. The molecule has 1 aliphatic heterocycles. The zero-order valence-corrected chi connectivity index (χ0v) is 13.6. The molecule has 22 heavy (non-hydrogen) atoms. The van der Waals surface area contributed by atoms with Gasteiger partial charge in [-0.05, 0) is 31.5 Å². The molecule has 0 spiro atoms. The summed E-state index contributed by atoms with van der Waals surface area (Å²) in [6, 6.07) is 6.06. The van der Waals surface area contributed by atoms with Gasteiger partial charge in [0.1, 0.15) is 5.82 Å². The summed E-state index contributed by atoms with van der Waals surface area (Å²) in [4.78, 5) is 9.24. The van der Waals surface area contributed by atoms with Crippen LogP contribution in [0.25, 0.3) is 0 Å². The van der Waals surface area contributed by atoms with Gasteiger partial charge >= 0.3 is 0 Å². The van der Waals surface area contributed by atoms with E-state index in [2.05, 4.69) is 20.9 Å². The van der Waals surface area contributed by atoms with Crippen molar-refractivity contribution in [3.63, 3.8) is 0 Å². The zero-order chi connectivity index (χ0) is 15.8. The van der Waals surface area contributed by atoms with Gasteiger partial charge in [0.25, 0.3) is 0 Å². The van der Waals surface area contributed by atoms with Crippen LogP contribution in [-0.2, 0) is 0 Å². The van der Waals surface area contributed by atoms with Crippen molar-refractivity contribution in [3.05, 3.63) is 24.4 Å². The Morgan fingerprint density at radius 3 is 2.41 bits per heavy atom. The monoisotopic (exact) mass is 307 g/mol. The average Bonchev–Trinajstić information content (AvgIpc) is 2.60. The Morgan fingerprint density at radius 1 is 1.09 bits per heavy atom. The van der Waals surface area contributed by atoms with E-state index in [9.17, 15) is 10.2 Å². The number of nitrogens with zero attached hydrogens (tertiary/aromatic N) is 3. The number of rotatable bonds is 8. The Morgan fingerprint density at radius 2 is 1.82 bits per heavy atom. The Bertz CT molecular complexity index is 415. The van der Waals surface area contributed by atoms with Gasteiger partial charge in [0.2, 0.25) is 0 Å². The normalized spacial score (nSPS) is 17.0. The van der Waals surface area contributed by atoms with Crippen LogP contribution in [-0.4, -0.2) is 66.0 Å². The molecule has 1 saturated heterocycles. The Balaban J connectivity index is 1.64. The highest BCUT2D eigenvalue weighted by atomic mass is 16.3. The fourth-order valence-corrected chi connectivity index (χ4v) is 2.84. The van der Waals surface area contributed by atoms with Crippen LogP contribution >= 0.6 is 0 Å². The van der Waals surface area contributed by atoms with E-state index in [1.807, 2.05) is 25.3 Å². The van der Waals surface area contributed by atoms with Gasteiger partial charge in [0.05, 0.1) is 13.2 Å². The number of piperazine rings is 1. The number of aliphatic hydroxyl groups is 2. The molecule has 0 bridgehead atoms. The smallest absolute Gasteiger partial charge is 0.128 e. The van der Waals surface area contributed by atoms with E-state index in [0.29, 0.717) is 0 Å². The maximum absolute atomic E-state index is 9.29. The van der Waals surface area contributed by atoms with Crippen molar-refractivity contribution in [1.82, 2.24) is 9.88 Å². The second-order valence-electron chi connectivity index (χ2n) is 6.60. The van der Waals surface area contributed by atoms with Crippen molar-refractivity contribution in [3.8, 4) is 0 Å². The standard InChI is InChI=1S/C17H29N3O2/c1-17(14-21,15-22)7-3-5-9-19-10-12-20(13-11-19)16-6-2-4-8-18-16/h2,4,6,8,21-22H,3,5,7,9-15H2,1H3. The second-order valence-corrected chi connectivity index (χ2v) is 6.60. The molecule has 5 nitrogen and oxygen atoms in total. The third-order valence-electron chi connectivity index (χ3n) is 4.61. The lowest BCUT2D eigenvalue weighted by atomic mass is 9.87. The number of anilines is 1. The van der Waals surface area contributed by atoms with Crippen molar-refractivity contribution in [2.75, 3.05) is 50.8 Å². The maximum Gasteiger partial charge on any atom is 0.128 e. The zero-order valence-electron chi connectivity index (χ0n) is 13.6. The summed E-state index contributed by atoms with van der Waals surface area (Å²) in [6.45, 7) is 7.38. The van der Waals surface area contributed by atoms with Crippen LogP contribution in [0, 0.1) is 5.41 Å². The van der Waals surface area contributed by atoms with E-state index in [1.165, 1.54) is 0 Å². The fraction of sp³-hybridized carbons (Fsp3) is 0.706. The van der Waals surface area contributed by atoms with Gasteiger partial charge in [-0.3, -0.25) is 4.90 Å². The molecule has 1 aromatic rings. The van der Waals surface area contributed by atoms with Crippen LogP contribution in [0.15, 0.2) is 24.4 Å². The molecule has 0 radical (unpaired) electrons. The molecule has 0 saturated carbocycles. The van der Waals surface area contributed by atoms with Crippen LogP contribution in [0.4, 0.5) is 5.82 Å². The first-order valence-electron chi connectivity index (χ1n) is 8.27. The van der Waals surface area contributed by atoms with Crippen LogP contribution in [0.2, 0.25) is 0 Å². The molecule has 0 aromatic carbocycles. The van der Waals surface area contributed by atoms with E-state index in [4.69, 9.17) is 0 Å². The molecule has 5 heteroatoms. The van der Waals surface area contributed by atoms with Crippen molar-refractivity contribution in [1.29, 1.82) is 0 Å². The first-order chi connectivity index (χ1) is 10.7. The molecule has 0 atom stereocenters. The number of hydrogen-bond acceptors (Lipinski definition) is 5. The first kappa shape index (κ1) is 17.2. The average molecular weight is 307 g/mol. The molecule has 2 rings (SSSR count). The van der Waals surface area contributed by atoms with Crippen LogP contribution in [0.3, 0.4) is 0 Å². The number of aliphatic hydroxyl groups excluding tert-OH is 2. The Kier molecular flexibility index (Phi) is 6.61. The molecule has 2 N–H and O–H groups in total. The number of pyridine rings is 1. The fourth-order valence-electron chi connectivity index (χ4n) is 2.84. The van der Waals surface area contributed by atoms with Gasteiger partial charge in [-0.15, -0.1) is 0 Å². The minimum absolute atomic E-state index is 0.0618. The largest absolute Gasteiger partial charge is 0.396 e. The van der Waals surface area contributed by atoms with Gasteiger partial charge < -0.3 is 15.1 Å². The van der Waals surface area contributed by atoms with E-state index in [-0.39, 0.29) is 18.6 Å². The predicted octanol–water partition coefficient (Wildman–Crippen LogP) is 1.36. The van der Waals surface area contributed by atoms with E-state index >= 15 is 0 Å². The molecule has 0 amide bonds. The highest BCUT2D eigenvalue weighted by Gasteiger charge is 2.22. The quantitative estimate of drug-likeness (QED) is 0.710. The van der Waals surface area contributed by atoms with E-state index < -0.39 is 0 Å². The molecule has 124 valence electrons. The minimum atomic E-state index is -0.322. The number of aromatic nitrogens is 1. The third kappa shape index (κ3) is 4.93. The molecular weight excluding hydrogens is 278 g/mol. The summed E-state index contributed by atoms with van der Waals surface area (Å²) in [5.41, 5.74) is -0.322. The predicted molar refractivity (Wildman–Crippen MR) is 89.0 cm³/mol. The van der Waals surface area contributed by atoms with Crippen molar-refractivity contribution < 1.29 is 10.2 Å². The molecule has 1 fully saturated rings.